The fourth-order valence-electron chi connectivity index (χ4n) is 4.44. The van der Waals surface area contributed by atoms with Crippen LogP contribution < -0.4 is 9.64 Å². The first kappa shape index (κ1) is 25.4. The number of ether oxygens (including phenoxy) is 1. The minimum Gasteiger partial charge on any atom is -0.406 e. The molecular formula is C26H26F3N7O2. The van der Waals surface area contributed by atoms with Crippen molar-refractivity contribution in [1.82, 2.24) is 24.9 Å². The molecular weight excluding hydrogens is 499 g/mol. The van der Waals surface area contributed by atoms with Crippen molar-refractivity contribution in [2.24, 2.45) is 10.9 Å². The van der Waals surface area contributed by atoms with Crippen molar-refractivity contribution in [3.8, 4) is 28.9 Å². The van der Waals surface area contributed by atoms with E-state index < -0.39 is 6.36 Å². The number of benzene rings is 2. The van der Waals surface area contributed by atoms with Crippen LogP contribution in [0.4, 0.5) is 18.9 Å². The Labute approximate surface area is 217 Å². The van der Waals surface area contributed by atoms with Gasteiger partial charge < -0.3 is 19.2 Å². The first-order valence-corrected chi connectivity index (χ1v) is 12.2. The highest BCUT2D eigenvalue weighted by Gasteiger charge is 2.31. The van der Waals surface area contributed by atoms with Crippen LogP contribution in [0.3, 0.4) is 0 Å². The van der Waals surface area contributed by atoms with E-state index in [0.717, 1.165) is 31.5 Å². The van der Waals surface area contributed by atoms with E-state index in [0.29, 0.717) is 23.9 Å². The lowest BCUT2D eigenvalue weighted by molar-refractivity contribution is -0.274. The number of aromatic nitrogens is 5. The Balaban J connectivity index is 1.27. The molecule has 0 saturated carbocycles. The summed E-state index contributed by atoms with van der Waals surface area (Å²) in [6.45, 7) is 4.35. The van der Waals surface area contributed by atoms with Crippen molar-refractivity contribution in [3.63, 3.8) is 0 Å². The number of aryl methyl sites for hydroxylation is 1. The zero-order chi connectivity index (χ0) is 26.7. The summed E-state index contributed by atoms with van der Waals surface area (Å²) in [6, 6.07) is 13.6. The van der Waals surface area contributed by atoms with Gasteiger partial charge in [0.15, 0.2) is 0 Å². The van der Waals surface area contributed by atoms with Crippen molar-refractivity contribution in [2.45, 2.75) is 32.7 Å². The van der Waals surface area contributed by atoms with Gasteiger partial charge in [0.25, 0.3) is 5.89 Å². The number of halogens is 3. The van der Waals surface area contributed by atoms with E-state index in [2.05, 4.69) is 59.3 Å². The second-order valence-electron chi connectivity index (χ2n) is 9.04. The molecule has 3 heterocycles. The number of hydrogen-bond donors (Lipinski definition) is 0. The largest absolute Gasteiger partial charge is 0.573 e. The summed E-state index contributed by atoms with van der Waals surface area (Å²) < 4.78 is 48.2. The number of alkyl halides is 3. The molecule has 2 aromatic carbocycles. The van der Waals surface area contributed by atoms with E-state index in [9.17, 15) is 13.2 Å². The Morgan fingerprint density at radius 1 is 1.08 bits per heavy atom. The molecule has 0 aliphatic carbocycles. The van der Waals surface area contributed by atoms with E-state index in [1.165, 1.54) is 30.0 Å². The summed E-state index contributed by atoms with van der Waals surface area (Å²) in [5.74, 6) is 1.48. The molecule has 1 fully saturated rings. The van der Waals surface area contributed by atoms with Crippen molar-refractivity contribution in [1.29, 1.82) is 0 Å². The average Bonchev–Trinajstić information content (AvgIpc) is 3.52. The maximum atomic E-state index is 12.4. The zero-order valence-electron chi connectivity index (χ0n) is 20.9. The van der Waals surface area contributed by atoms with Gasteiger partial charge in [0.1, 0.15) is 11.6 Å². The third-order valence-corrected chi connectivity index (χ3v) is 6.33. The maximum Gasteiger partial charge on any atom is 0.573 e. The molecule has 0 unspecified atom stereocenters. The number of rotatable bonds is 7. The molecule has 12 heteroatoms. The summed E-state index contributed by atoms with van der Waals surface area (Å²) in [4.78, 5) is 15.3. The summed E-state index contributed by atoms with van der Waals surface area (Å²) in [5.41, 5.74) is 2.74. The molecule has 0 radical (unpaired) electrons. The second-order valence-corrected chi connectivity index (χ2v) is 9.04. The van der Waals surface area contributed by atoms with Crippen LogP contribution in [0.2, 0.25) is 0 Å². The van der Waals surface area contributed by atoms with Gasteiger partial charge >= 0.3 is 6.36 Å². The van der Waals surface area contributed by atoms with Crippen LogP contribution in [0.1, 0.15) is 24.2 Å². The van der Waals surface area contributed by atoms with Gasteiger partial charge in [0.05, 0.1) is 6.54 Å². The number of aliphatic imine (C=N–C) groups is 1. The van der Waals surface area contributed by atoms with Crippen LogP contribution in [0.5, 0.6) is 5.75 Å². The molecule has 5 rings (SSSR count). The summed E-state index contributed by atoms with van der Waals surface area (Å²) in [5, 5.41) is 8.46. The van der Waals surface area contributed by atoms with Crippen molar-refractivity contribution in [2.75, 3.05) is 25.0 Å². The Hall–Kier alpha value is -4.22. The lowest BCUT2D eigenvalue weighted by Gasteiger charge is -2.32. The molecule has 198 valence electrons. The molecule has 0 N–H and O–H groups in total. The highest BCUT2D eigenvalue weighted by atomic mass is 19.4. The summed E-state index contributed by atoms with van der Waals surface area (Å²) in [7, 11) is 1.82. The van der Waals surface area contributed by atoms with Crippen LogP contribution in [-0.2, 0) is 6.54 Å². The van der Waals surface area contributed by atoms with Crippen LogP contribution >= 0.6 is 0 Å². The number of piperidine rings is 1. The lowest BCUT2D eigenvalue weighted by Crippen LogP contribution is -2.34. The lowest BCUT2D eigenvalue weighted by atomic mass is 9.97. The Kier molecular flexibility index (Phi) is 7.12. The molecule has 1 aliphatic heterocycles. The molecule has 0 spiro atoms. The number of anilines is 1. The third-order valence-electron chi connectivity index (χ3n) is 6.33. The van der Waals surface area contributed by atoms with Gasteiger partial charge in [0.2, 0.25) is 11.6 Å². The minimum absolute atomic E-state index is 0.115. The van der Waals surface area contributed by atoms with E-state index in [1.54, 1.807) is 4.68 Å². The molecule has 1 saturated heterocycles. The van der Waals surface area contributed by atoms with Crippen molar-refractivity contribution in [3.05, 3.63) is 59.9 Å². The van der Waals surface area contributed by atoms with E-state index in [4.69, 9.17) is 4.52 Å². The molecule has 0 amide bonds. The summed E-state index contributed by atoms with van der Waals surface area (Å²) in [6.07, 6.45) is -0.532. The van der Waals surface area contributed by atoms with Crippen molar-refractivity contribution < 1.29 is 22.4 Å². The molecule has 0 atom stereocenters. The average molecular weight is 526 g/mol. The Morgan fingerprint density at radius 3 is 2.55 bits per heavy atom. The highest BCUT2D eigenvalue weighted by molar-refractivity contribution is 5.61. The van der Waals surface area contributed by atoms with Crippen molar-refractivity contribution >= 4 is 11.9 Å². The van der Waals surface area contributed by atoms with E-state index in [-0.39, 0.29) is 23.3 Å². The van der Waals surface area contributed by atoms with Gasteiger partial charge in [-0.05, 0) is 67.6 Å². The molecule has 4 aromatic rings. The van der Waals surface area contributed by atoms with Crippen LogP contribution in [0.15, 0.2) is 58.0 Å². The Morgan fingerprint density at radius 2 is 1.84 bits per heavy atom. The quantitative estimate of drug-likeness (QED) is 0.307. The smallest absolute Gasteiger partial charge is 0.406 e. The normalized spacial score (nSPS) is 14.9. The SMILES string of the molecule is C/N=C\C1CCN(c2cccc(Cn3nc(-c4nc(-c5ccc(OC(F)(F)F)cc5)no4)nc3C)c2)CC1. The first-order chi connectivity index (χ1) is 18.3. The second kappa shape index (κ2) is 10.6. The molecule has 38 heavy (non-hydrogen) atoms. The fourth-order valence-corrected chi connectivity index (χ4v) is 4.44. The minimum atomic E-state index is -4.76. The maximum absolute atomic E-state index is 12.4. The molecule has 0 bridgehead atoms. The van der Waals surface area contributed by atoms with Gasteiger partial charge in [-0.15, -0.1) is 18.3 Å². The van der Waals surface area contributed by atoms with Gasteiger partial charge in [-0.3, -0.25) is 0 Å². The van der Waals surface area contributed by atoms with Gasteiger partial charge in [-0.25, -0.2) is 9.67 Å². The monoisotopic (exact) mass is 525 g/mol. The predicted molar refractivity (Wildman–Crippen MR) is 135 cm³/mol. The number of nitrogens with zero attached hydrogens (tertiary/aromatic N) is 7. The van der Waals surface area contributed by atoms with Crippen LogP contribution in [-0.4, -0.2) is 57.6 Å². The van der Waals surface area contributed by atoms with Gasteiger partial charge in [-0.1, -0.05) is 17.3 Å². The van der Waals surface area contributed by atoms with Crippen LogP contribution in [0, 0.1) is 12.8 Å². The van der Waals surface area contributed by atoms with E-state index >= 15 is 0 Å². The molecule has 2 aromatic heterocycles. The first-order valence-electron chi connectivity index (χ1n) is 12.2. The van der Waals surface area contributed by atoms with Crippen LogP contribution in [0.25, 0.3) is 23.1 Å². The third kappa shape index (κ3) is 6.01. The highest BCUT2D eigenvalue weighted by Crippen LogP contribution is 2.27. The predicted octanol–water partition coefficient (Wildman–Crippen LogP) is 5.17. The fraction of sp³-hybridized carbons (Fsp3) is 0.346. The standard InChI is InChI=1S/C26H26F3N7O2/c1-17-31-24(25-32-23(34-38-25)20-6-8-22(9-7-20)37-26(27,28)29)33-36(17)16-19-4-3-5-21(14-19)35-12-10-18(11-13-35)15-30-2/h3-9,14-15,18H,10-13,16H2,1-2H3/b30-15-. The molecule has 9 nitrogen and oxygen atoms in total. The summed E-state index contributed by atoms with van der Waals surface area (Å²) >= 11 is 0. The zero-order valence-corrected chi connectivity index (χ0v) is 20.9. The Bertz CT molecular complexity index is 1400. The topological polar surface area (TPSA) is 94.5 Å². The van der Waals surface area contributed by atoms with Gasteiger partial charge in [0, 0.05) is 37.6 Å². The van der Waals surface area contributed by atoms with E-state index in [1.807, 2.05) is 20.0 Å². The number of hydrogen-bond acceptors (Lipinski definition) is 8. The molecule has 1 aliphatic rings. The van der Waals surface area contributed by atoms with Gasteiger partial charge in [-0.2, -0.15) is 4.98 Å².